The molecule has 0 saturated carbocycles. The molecule has 0 aliphatic rings. The summed E-state index contributed by atoms with van der Waals surface area (Å²) in [4.78, 5) is 11.0. The number of carbonyl (C=O) groups is 1. The number of halogens is 2. The van der Waals surface area contributed by atoms with Gasteiger partial charge in [-0.05, 0) is 24.1 Å². The molecule has 6 heteroatoms. The van der Waals surface area contributed by atoms with Crippen molar-refractivity contribution in [2.75, 3.05) is 12.8 Å². The zero-order chi connectivity index (χ0) is 10.6. The second-order valence-electron chi connectivity index (χ2n) is 3.08. The lowest BCUT2D eigenvalue weighted by atomic mass is 10.1. The summed E-state index contributed by atoms with van der Waals surface area (Å²) in [5, 5.41) is 0. The number of hydrogen-bond donors (Lipinski definition) is 2. The lowest BCUT2D eigenvalue weighted by Gasteiger charge is -2.08. The van der Waals surface area contributed by atoms with E-state index in [-0.39, 0.29) is 24.8 Å². The predicted molar refractivity (Wildman–Crippen MR) is 69.0 cm³/mol. The molecule has 1 atom stereocenters. The molecule has 4 N–H and O–H groups in total. The standard InChI is InChI=1S/C10H14N2O2.2ClH/c1-14-10(13)9(12)6-7-2-4-8(11)5-3-7;;/h2-5,9H,6,11-12H2,1H3;2*1H. The van der Waals surface area contributed by atoms with Crippen molar-refractivity contribution in [1.82, 2.24) is 0 Å². The second kappa shape index (κ2) is 8.21. The van der Waals surface area contributed by atoms with Crippen molar-refractivity contribution >= 4 is 36.5 Å². The van der Waals surface area contributed by atoms with Gasteiger partial charge in [-0.25, -0.2) is 0 Å². The SMILES string of the molecule is COC(=O)C(N)Cc1ccc(N)cc1.Cl.Cl. The molecule has 0 radical (unpaired) electrons. The molecule has 0 heterocycles. The highest BCUT2D eigenvalue weighted by Gasteiger charge is 2.13. The topological polar surface area (TPSA) is 78.3 Å². The number of hydrogen-bond acceptors (Lipinski definition) is 4. The molecule has 0 aliphatic heterocycles. The average molecular weight is 267 g/mol. The van der Waals surface area contributed by atoms with Crippen molar-refractivity contribution in [3.8, 4) is 0 Å². The van der Waals surface area contributed by atoms with Crippen LogP contribution in [0.4, 0.5) is 5.69 Å². The molecule has 0 fully saturated rings. The molecular weight excluding hydrogens is 251 g/mol. The van der Waals surface area contributed by atoms with E-state index in [2.05, 4.69) is 4.74 Å². The van der Waals surface area contributed by atoms with Crippen LogP contribution < -0.4 is 11.5 Å². The van der Waals surface area contributed by atoms with Crippen LogP contribution in [-0.2, 0) is 16.0 Å². The minimum atomic E-state index is -0.608. The Morgan fingerprint density at radius 1 is 1.31 bits per heavy atom. The zero-order valence-corrected chi connectivity index (χ0v) is 10.5. The minimum Gasteiger partial charge on any atom is -0.468 e. The van der Waals surface area contributed by atoms with Crippen molar-refractivity contribution < 1.29 is 9.53 Å². The Labute approximate surface area is 107 Å². The molecule has 0 aromatic heterocycles. The van der Waals surface area contributed by atoms with Crippen molar-refractivity contribution in [2.45, 2.75) is 12.5 Å². The van der Waals surface area contributed by atoms with E-state index >= 15 is 0 Å². The molecule has 0 amide bonds. The van der Waals surface area contributed by atoms with E-state index in [9.17, 15) is 4.79 Å². The first-order chi connectivity index (χ1) is 6.63. The number of nitrogens with two attached hydrogens (primary N) is 2. The normalized spacial score (nSPS) is 10.6. The van der Waals surface area contributed by atoms with E-state index in [1.54, 1.807) is 12.1 Å². The molecule has 92 valence electrons. The maximum atomic E-state index is 11.0. The molecule has 0 spiro atoms. The molecule has 16 heavy (non-hydrogen) atoms. The van der Waals surface area contributed by atoms with Crippen molar-refractivity contribution in [2.24, 2.45) is 5.73 Å². The fourth-order valence-electron chi connectivity index (χ4n) is 1.14. The maximum Gasteiger partial charge on any atom is 0.322 e. The Balaban J connectivity index is 0. The van der Waals surface area contributed by atoms with Gasteiger partial charge in [0, 0.05) is 5.69 Å². The van der Waals surface area contributed by atoms with Gasteiger partial charge in [0.15, 0.2) is 0 Å². The van der Waals surface area contributed by atoms with Crippen molar-refractivity contribution in [1.29, 1.82) is 0 Å². The van der Waals surface area contributed by atoms with Crippen LogP contribution in [0.15, 0.2) is 24.3 Å². The molecule has 1 rings (SSSR count). The van der Waals surface area contributed by atoms with E-state index in [0.29, 0.717) is 12.1 Å². The van der Waals surface area contributed by atoms with Gasteiger partial charge in [-0.15, -0.1) is 24.8 Å². The van der Waals surface area contributed by atoms with Crippen LogP contribution in [0.5, 0.6) is 0 Å². The third-order valence-electron chi connectivity index (χ3n) is 1.94. The molecule has 4 nitrogen and oxygen atoms in total. The fraction of sp³-hybridized carbons (Fsp3) is 0.300. The van der Waals surface area contributed by atoms with Crippen molar-refractivity contribution in [3.63, 3.8) is 0 Å². The van der Waals surface area contributed by atoms with Gasteiger partial charge in [-0.1, -0.05) is 12.1 Å². The lowest BCUT2D eigenvalue weighted by molar-refractivity contribution is -0.142. The number of carbonyl (C=O) groups excluding carboxylic acids is 1. The van der Waals surface area contributed by atoms with Gasteiger partial charge in [0.05, 0.1) is 7.11 Å². The van der Waals surface area contributed by atoms with E-state index in [1.807, 2.05) is 12.1 Å². The monoisotopic (exact) mass is 266 g/mol. The molecule has 1 aromatic carbocycles. The average Bonchev–Trinajstić information content (AvgIpc) is 2.20. The molecule has 0 bridgehead atoms. The minimum absolute atomic E-state index is 0. The molecule has 1 unspecified atom stereocenters. The van der Waals surface area contributed by atoms with E-state index in [0.717, 1.165) is 5.56 Å². The van der Waals surface area contributed by atoms with Crippen LogP contribution >= 0.6 is 24.8 Å². The summed E-state index contributed by atoms with van der Waals surface area (Å²) in [7, 11) is 1.32. The van der Waals surface area contributed by atoms with E-state index in [4.69, 9.17) is 11.5 Å². The summed E-state index contributed by atoms with van der Waals surface area (Å²) in [6.07, 6.45) is 0.465. The van der Waals surface area contributed by atoms with Gasteiger partial charge < -0.3 is 16.2 Å². The van der Waals surface area contributed by atoms with Crippen LogP contribution in [0, 0.1) is 0 Å². The number of anilines is 1. The Bertz CT molecular complexity index is 317. The number of ether oxygens (including phenoxy) is 1. The Morgan fingerprint density at radius 2 is 1.81 bits per heavy atom. The van der Waals surface area contributed by atoms with Gasteiger partial charge in [0.25, 0.3) is 0 Å². The Kier molecular flexibility index (Phi) is 8.95. The number of benzene rings is 1. The van der Waals surface area contributed by atoms with Gasteiger partial charge in [-0.2, -0.15) is 0 Å². The zero-order valence-electron chi connectivity index (χ0n) is 8.88. The fourth-order valence-corrected chi connectivity index (χ4v) is 1.14. The summed E-state index contributed by atoms with van der Waals surface area (Å²) in [5.74, 6) is -0.401. The third kappa shape index (κ3) is 5.21. The second-order valence-corrected chi connectivity index (χ2v) is 3.08. The van der Waals surface area contributed by atoms with E-state index < -0.39 is 12.0 Å². The molecule has 0 aliphatic carbocycles. The summed E-state index contributed by atoms with van der Waals surface area (Å²) >= 11 is 0. The van der Waals surface area contributed by atoms with Crippen LogP contribution in [0.3, 0.4) is 0 Å². The van der Waals surface area contributed by atoms with E-state index in [1.165, 1.54) is 7.11 Å². The summed E-state index contributed by atoms with van der Waals surface area (Å²) in [6.45, 7) is 0. The molecular formula is C10H16Cl2N2O2. The van der Waals surface area contributed by atoms with Crippen LogP contribution in [0.25, 0.3) is 0 Å². The Morgan fingerprint density at radius 3 is 2.25 bits per heavy atom. The van der Waals surface area contributed by atoms with Gasteiger partial charge in [0.1, 0.15) is 6.04 Å². The summed E-state index contributed by atoms with van der Waals surface area (Å²) in [5.41, 5.74) is 12.8. The highest BCUT2D eigenvalue weighted by Crippen LogP contribution is 2.07. The lowest BCUT2D eigenvalue weighted by Crippen LogP contribution is -2.33. The first-order valence-corrected chi connectivity index (χ1v) is 4.31. The highest BCUT2D eigenvalue weighted by molar-refractivity contribution is 5.85. The maximum absolute atomic E-state index is 11.0. The molecule has 0 saturated heterocycles. The first kappa shape index (κ1) is 17.4. The third-order valence-corrected chi connectivity index (χ3v) is 1.94. The molecule has 1 aromatic rings. The van der Waals surface area contributed by atoms with Crippen LogP contribution in [0.1, 0.15) is 5.56 Å². The van der Waals surface area contributed by atoms with Gasteiger partial charge in [-0.3, -0.25) is 4.79 Å². The number of esters is 1. The van der Waals surface area contributed by atoms with Crippen LogP contribution in [-0.4, -0.2) is 19.1 Å². The number of rotatable bonds is 3. The largest absolute Gasteiger partial charge is 0.468 e. The Hall–Kier alpha value is -0.970. The number of methoxy groups -OCH3 is 1. The van der Waals surface area contributed by atoms with Crippen molar-refractivity contribution in [3.05, 3.63) is 29.8 Å². The number of nitrogen functional groups attached to an aromatic ring is 1. The first-order valence-electron chi connectivity index (χ1n) is 4.31. The quantitative estimate of drug-likeness (QED) is 0.636. The highest BCUT2D eigenvalue weighted by atomic mass is 35.5. The predicted octanol–water partition coefficient (Wildman–Crippen LogP) is 1.16. The van der Waals surface area contributed by atoms with Gasteiger partial charge in [0.2, 0.25) is 0 Å². The van der Waals surface area contributed by atoms with Crippen LogP contribution in [0.2, 0.25) is 0 Å². The summed E-state index contributed by atoms with van der Waals surface area (Å²) < 4.78 is 4.52. The summed E-state index contributed by atoms with van der Waals surface area (Å²) in [6, 6.07) is 6.64. The van der Waals surface area contributed by atoms with Gasteiger partial charge >= 0.3 is 5.97 Å². The smallest absolute Gasteiger partial charge is 0.322 e.